The highest BCUT2D eigenvalue weighted by Crippen LogP contribution is 2.19. The van der Waals surface area contributed by atoms with E-state index in [2.05, 4.69) is 10.6 Å². The molecule has 1 saturated heterocycles. The molecule has 0 aromatic heterocycles. The van der Waals surface area contributed by atoms with Gasteiger partial charge < -0.3 is 15.5 Å². The quantitative estimate of drug-likeness (QED) is 0.801. The minimum absolute atomic E-state index is 0. The number of amides is 2. The fourth-order valence-corrected chi connectivity index (χ4v) is 2.27. The zero-order valence-electron chi connectivity index (χ0n) is 12.9. The average molecular weight is 306 g/mol. The second-order valence-corrected chi connectivity index (χ2v) is 5.63. The fourth-order valence-electron chi connectivity index (χ4n) is 2.27. The number of piperidine rings is 1. The number of hydrogen-bond acceptors (Lipinski definition) is 3. The van der Waals surface area contributed by atoms with E-state index < -0.39 is 0 Å². The molecular weight excluding hydrogens is 278 g/mol. The number of carbonyl (C=O) groups excluding carboxylic acids is 2. The minimum Gasteiger partial charge on any atom is -0.353 e. The highest BCUT2D eigenvalue weighted by atomic mass is 35.5. The number of rotatable bonds is 5. The lowest BCUT2D eigenvalue weighted by Gasteiger charge is -2.36. The van der Waals surface area contributed by atoms with Gasteiger partial charge in [-0.3, -0.25) is 9.59 Å². The zero-order chi connectivity index (χ0) is 14.4. The van der Waals surface area contributed by atoms with Crippen molar-refractivity contribution in [2.75, 3.05) is 20.1 Å². The first-order chi connectivity index (χ1) is 8.97. The van der Waals surface area contributed by atoms with Crippen LogP contribution in [0.3, 0.4) is 0 Å². The summed E-state index contributed by atoms with van der Waals surface area (Å²) in [6.45, 7) is 7.08. The van der Waals surface area contributed by atoms with E-state index in [0.717, 1.165) is 19.3 Å². The number of likely N-dealkylation sites (tertiary alicyclic amines) is 1. The Labute approximate surface area is 128 Å². The maximum atomic E-state index is 12.2. The first-order valence-corrected chi connectivity index (χ1v) is 7.22. The normalized spacial score (nSPS) is 20.2. The van der Waals surface area contributed by atoms with Crippen LogP contribution in [-0.4, -0.2) is 48.9 Å². The molecule has 2 N–H and O–H groups in total. The van der Waals surface area contributed by atoms with Gasteiger partial charge in [0.1, 0.15) is 6.04 Å². The minimum atomic E-state index is -0.285. The molecule has 0 bridgehead atoms. The first-order valence-electron chi connectivity index (χ1n) is 7.22. The molecule has 2 unspecified atom stereocenters. The highest BCUT2D eigenvalue weighted by Gasteiger charge is 2.32. The van der Waals surface area contributed by atoms with E-state index >= 15 is 0 Å². The summed E-state index contributed by atoms with van der Waals surface area (Å²) in [4.78, 5) is 26.1. The van der Waals surface area contributed by atoms with E-state index in [1.807, 2.05) is 27.8 Å². The SMILES string of the molecule is CNC(C)CNC(=O)C1CCCCN1C(=O)C(C)C.Cl. The van der Waals surface area contributed by atoms with Gasteiger partial charge in [0.15, 0.2) is 0 Å². The third-order valence-electron chi connectivity index (χ3n) is 3.66. The summed E-state index contributed by atoms with van der Waals surface area (Å²) < 4.78 is 0. The van der Waals surface area contributed by atoms with Gasteiger partial charge in [0.2, 0.25) is 11.8 Å². The van der Waals surface area contributed by atoms with Crippen LogP contribution in [0, 0.1) is 5.92 Å². The largest absolute Gasteiger partial charge is 0.353 e. The molecule has 2 amide bonds. The Morgan fingerprint density at radius 2 is 1.90 bits per heavy atom. The molecular formula is C14H28ClN3O2. The number of nitrogens with zero attached hydrogens (tertiary/aromatic N) is 1. The Morgan fingerprint density at radius 3 is 2.45 bits per heavy atom. The third-order valence-corrected chi connectivity index (χ3v) is 3.66. The lowest BCUT2D eigenvalue weighted by atomic mass is 9.99. The molecule has 1 rings (SSSR count). The summed E-state index contributed by atoms with van der Waals surface area (Å²) in [6.07, 6.45) is 2.79. The van der Waals surface area contributed by atoms with Crippen molar-refractivity contribution in [2.45, 2.75) is 52.1 Å². The Hall–Kier alpha value is -0.810. The molecule has 1 heterocycles. The highest BCUT2D eigenvalue weighted by molar-refractivity contribution is 5.88. The van der Waals surface area contributed by atoms with Crippen LogP contribution in [0.4, 0.5) is 0 Å². The summed E-state index contributed by atoms with van der Waals surface area (Å²) in [5.41, 5.74) is 0. The summed E-state index contributed by atoms with van der Waals surface area (Å²) in [6, 6.07) is -0.0468. The van der Waals surface area contributed by atoms with Crippen LogP contribution in [0.25, 0.3) is 0 Å². The van der Waals surface area contributed by atoms with Gasteiger partial charge in [0, 0.05) is 25.0 Å². The molecule has 0 saturated carbocycles. The van der Waals surface area contributed by atoms with E-state index in [9.17, 15) is 9.59 Å². The van der Waals surface area contributed by atoms with Gasteiger partial charge in [-0.1, -0.05) is 13.8 Å². The molecule has 1 fully saturated rings. The molecule has 1 aliphatic rings. The van der Waals surface area contributed by atoms with Gasteiger partial charge in [-0.25, -0.2) is 0 Å². The van der Waals surface area contributed by atoms with E-state index in [1.165, 1.54) is 0 Å². The van der Waals surface area contributed by atoms with Crippen molar-refractivity contribution < 1.29 is 9.59 Å². The van der Waals surface area contributed by atoms with Crippen molar-refractivity contribution in [2.24, 2.45) is 5.92 Å². The Balaban J connectivity index is 0.00000361. The molecule has 1 aliphatic heterocycles. The van der Waals surface area contributed by atoms with Gasteiger partial charge in [0.05, 0.1) is 0 Å². The van der Waals surface area contributed by atoms with Gasteiger partial charge in [-0.15, -0.1) is 12.4 Å². The van der Waals surface area contributed by atoms with Crippen LogP contribution in [0.15, 0.2) is 0 Å². The lowest BCUT2D eigenvalue weighted by Crippen LogP contribution is -2.54. The van der Waals surface area contributed by atoms with Crippen molar-refractivity contribution in [1.29, 1.82) is 0 Å². The molecule has 0 radical (unpaired) electrons. The predicted octanol–water partition coefficient (Wildman–Crippen LogP) is 1.17. The molecule has 0 aromatic carbocycles. The van der Waals surface area contributed by atoms with Crippen molar-refractivity contribution in [1.82, 2.24) is 15.5 Å². The number of halogens is 1. The predicted molar refractivity (Wildman–Crippen MR) is 83.0 cm³/mol. The molecule has 5 nitrogen and oxygen atoms in total. The standard InChI is InChI=1S/C14H27N3O2.ClH/c1-10(2)14(19)17-8-6-5-7-12(17)13(18)16-9-11(3)15-4;/h10-12,15H,5-9H2,1-4H3,(H,16,18);1H. The number of hydrogen-bond donors (Lipinski definition) is 2. The van der Waals surface area contributed by atoms with Crippen LogP contribution in [-0.2, 0) is 9.59 Å². The van der Waals surface area contributed by atoms with Crippen LogP contribution < -0.4 is 10.6 Å². The molecule has 118 valence electrons. The van der Waals surface area contributed by atoms with Crippen LogP contribution in [0.2, 0.25) is 0 Å². The monoisotopic (exact) mass is 305 g/mol. The lowest BCUT2D eigenvalue weighted by molar-refractivity contribution is -0.144. The molecule has 0 aromatic rings. The molecule has 2 atom stereocenters. The van der Waals surface area contributed by atoms with E-state index in [0.29, 0.717) is 13.1 Å². The Bertz CT molecular complexity index is 324. The molecule has 6 heteroatoms. The maximum Gasteiger partial charge on any atom is 0.242 e. The Morgan fingerprint density at radius 1 is 1.25 bits per heavy atom. The van der Waals surface area contributed by atoms with Crippen molar-refractivity contribution in [3.8, 4) is 0 Å². The maximum absolute atomic E-state index is 12.2. The van der Waals surface area contributed by atoms with E-state index in [-0.39, 0.29) is 42.2 Å². The van der Waals surface area contributed by atoms with E-state index in [1.54, 1.807) is 4.90 Å². The van der Waals surface area contributed by atoms with Crippen LogP contribution in [0.1, 0.15) is 40.0 Å². The topological polar surface area (TPSA) is 61.4 Å². The van der Waals surface area contributed by atoms with Crippen molar-refractivity contribution in [3.05, 3.63) is 0 Å². The molecule has 0 spiro atoms. The first kappa shape index (κ1) is 19.2. The molecule has 20 heavy (non-hydrogen) atoms. The summed E-state index contributed by atoms with van der Waals surface area (Å²) >= 11 is 0. The second kappa shape index (κ2) is 9.19. The van der Waals surface area contributed by atoms with Crippen LogP contribution >= 0.6 is 12.4 Å². The van der Waals surface area contributed by atoms with Crippen molar-refractivity contribution in [3.63, 3.8) is 0 Å². The van der Waals surface area contributed by atoms with Gasteiger partial charge in [-0.2, -0.15) is 0 Å². The Kier molecular flexibility index (Phi) is 8.81. The second-order valence-electron chi connectivity index (χ2n) is 5.63. The number of nitrogens with one attached hydrogen (secondary N) is 2. The van der Waals surface area contributed by atoms with Gasteiger partial charge >= 0.3 is 0 Å². The zero-order valence-corrected chi connectivity index (χ0v) is 13.8. The number of carbonyl (C=O) groups is 2. The van der Waals surface area contributed by atoms with Gasteiger partial charge in [0.25, 0.3) is 0 Å². The molecule has 0 aliphatic carbocycles. The third kappa shape index (κ3) is 5.29. The van der Waals surface area contributed by atoms with E-state index in [4.69, 9.17) is 0 Å². The van der Waals surface area contributed by atoms with Crippen molar-refractivity contribution >= 4 is 24.2 Å². The summed E-state index contributed by atoms with van der Waals surface area (Å²) in [5.74, 6) is 0.0157. The van der Waals surface area contributed by atoms with Gasteiger partial charge in [-0.05, 0) is 33.2 Å². The van der Waals surface area contributed by atoms with Crippen LogP contribution in [0.5, 0.6) is 0 Å². The smallest absolute Gasteiger partial charge is 0.242 e. The summed E-state index contributed by atoms with van der Waals surface area (Å²) in [5, 5.41) is 6.01. The summed E-state index contributed by atoms with van der Waals surface area (Å²) in [7, 11) is 1.87. The fraction of sp³-hybridized carbons (Fsp3) is 0.857. The number of likely N-dealkylation sites (N-methyl/N-ethyl adjacent to an activating group) is 1. The average Bonchev–Trinajstić information content (AvgIpc) is 2.43.